The van der Waals surface area contributed by atoms with Crippen LogP contribution in [0, 0.1) is 22.7 Å². The number of hydrogen-bond donors (Lipinski definition) is 0. The molecule has 0 bridgehead atoms. The molecule has 9 nitrogen and oxygen atoms in total. The van der Waals surface area contributed by atoms with E-state index >= 15 is 0 Å². The maximum Gasteiger partial charge on any atom is 0.304 e. The van der Waals surface area contributed by atoms with E-state index in [9.17, 15) is 14.4 Å². The molecule has 35 heavy (non-hydrogen) atoms. The lowest BCUT2D eigenvalue weighted by atomic mass is 9.42. The van der Waals surface area contributed by atoms with Gasteiger partial charge in [-0.05, 0) is 43.6 Å². The first-order valence-electron chi connectivity index (χ1n) is 12.4. The van der Waals surface area contributed by atoms with Gasteiger partial charge in [-0.15, -0.1) is 0 Å². The van der Waals surface area contributed by atoms with E-state index in [2.05, 4.69) is 6.92 Å². The second kappa shape index (κ2) is 8.62. The van der Waals surface area contributed by atoms with E-state index in [0.717, 1.165) is 24.8 Å². The monoisotopic (exact) mass is 490 g/mol. The minimum atomic E-state index is -0.802. The first kappa shape index (κ1) is 24.3. The molecule has 0 aromatic carbocycles. The van der Waals surface area contributed by atoms with Crippen LogP contribution in [-0.2, 0) is 38.1 Å². The topological polar surface area (TPSA) is 114 Å². The third-order valence-electron chi connectivity index (χ3n) is 9.02. The van der Waals surface area contributed by atoms with Gasteiger partial charge in [0.2, 0.25) is 6.29 Å². The highest BCUT2D eigenvalue weighted by Gasteiger charge is 2.78. The second-order valence-corrected chi connectivity index (χ2v) is 10.7. The average Bonchev–Trinajstić information content (AvgIpc) is 3.20. The molecule has 2 saturated carbocycles. The fourth-order valence-electron chi connectivity index (χ4n) is 7.58. The molecule has 2 saturated heterocycles. The van der Waals surface area contributed by atoms with E-state index in [4.69, 9.17) is 28.1 Å². The lowest BCUT2D eigenvalue weighted by Crippen LogP contribution is -2.69. The summed E-state index contributed by atoms with van der Waals surface area (Å²) in [5.74, 6) is -1.35. The van der Waals surface area contributed by atoms with Crippen LogP contribution in [0.3, 0.4) is 0 Å². The van der Waals surface area contributed by atoms with E-state index in [1.807, 2.05) is 6.07 Å². The maximum atomic E-state index is 12.3. The SMILES string of the molecule is CC(=O)OC[C@@]12[C@@H](OC(C)=O)C[C@@H](C)[C@]3(C[C@@H](c4ccoc4)O[C@H]3OC(C)=O)[C@H]1CCC[C@]21CO1. The minimum absolute atomic E-state index is 0.0162. The van der Waals surface area contributed by atoms with Gasteiger partial charge in [0.05, 0.1) is 30.7 Å². The molecule has 2 spiro atoms. The largest absolute Gasteiger partial charge is 0.472 e. The van der Waals surface area contributed by atoms with Gasteiger partial charge < -0.3 is 28.1 Å². The molecule has 0 N–H and O–H groups in total. The van der Waals surface area contributed by atoms with Crippen molar-refractivity contribution in [1.29, 1.82) is 0 Å². The van der Waals surface area contributed by atoms with Crippen LogP contribution < -0.4 is 0 Å². The van der Waals surface area contributed by atoms with Crippen LogP contribution >= 0.6 is 0 Å². The second-order valence-electron chi connectivity index (χ2n) is 10.7. The number of esters is 3. The number of carbonyl (C=O) groups is 3. The van der Waals surface area contributed by atoms with Gasteiger partial charge in [0.25, 0.3) is 0 Å². The Balaban J connectivity index is 1.65. The molecule has 0 unspecified atom stereocenters. The maximum absolute atomic E-state index is 12.3. The molecule has 1 aromatic heterocycles. The van der Waals surface area contributed by atoms with Crippen molar-refractivity contribution in [1.82, 2.24) is 0 Å². The Morgan fingerprint density at radius 2 is 1.86 bits per heavy atom. The van der Waals surface area contributed by atoms with E-state index < -0.39 is 40.8 Å². The number of ether oxygens (including phenoxy) is 5. The molecule has 9 heteroatoms. The summed E-state index contributed by atoms with van der Waals surface area (Å²) in [6.45, 7) is 6.86. The molecular formula is C26H34O9. The van der Waals surface area contributed by atoms with Crippen molar-refractivity contribution in [2.45, 2.75) is 83.9 Å². The summed E-state index contributed by atoms with van der Waals surface area (Å²) in [5.41, 5.74) is -1.05. The molecule has 3 heterocycles. The van der Waals surface area contributed by atoms with E-state index in [1.54, 1.807) is 12.5 Å². The predicted octanol–water partition coefficient (Wildman–Crippen LogP) is 3.71. The fraction of sp³-hybridized carbons (Fsp3) is 0.731. The van der Waals surface area contributed by atoms with Gasteiger partial charge in [0.15, 0.2) is 0 Å². The Labute approximate surface area is 204 Å². The van der Waals surface area contributed by atoms with Crippen molar-refractivity contribution < 1.29 is 42.5 Å². The van der Waals surface area contributed by atoms with Crippen LogP contribution in [0.15, 0.2) is 23.0 Å². The Morgan fingerprint density at radius 1 is 1.11 bits per heavy atom. The molecule has 2 aliphatic carbocycles. The Morgan fingerprint density at radius 3 is 2.46 bits per heavy atom. The molecule has 0 radical (unpaired) electrons. The minimum Gasteiger partial charge on any atom is -0.472 e. The van der Waals surface area contributed by atoms with Crippen molar-refractivity contribution in [3.05, 3.63) is 24.2 Å². The third-order valence-corrected chi connectivity index (χ3v) is 9.02. The van der Waals surface area contributed by atoms with Gasteiger partial charge in [-0.2, -0.15) is 0 Å². The Hall–Kier alpha value is -2.39. The van der Waals surface area contributed by atoms with Gasteiger partial charge in [-0.1, -0.05) is 13.3 Å². The van der Waals surface area contributed by atoms with Crippen molar-refractivity contribution in [3.63, 3.8) is 0 Å². The first-order chi connectivity index (χ1) is 16.6. The molecule has 8 atom stereocenters. The summed E-state index contributed by atoms with van der Waals surface area (Å²) in [5, 5.41) is 0. The molecular weight excluding hydrogens is 456 g/mol. The van der Waals surface area contributed by atoms with E-state index in [-0.39, 0.29) is 30.5 Å². The van der Waals surface area contributed by atoms with Crippen LogP contribution in [0.25, 0.3) is 0 Å². The van der Waals surface area contributed by atoms with Crippen LogP contribution in [0.1, 0.15) is 71.5 Å². The number of fused-ring (bicyclic) bond motifs is 3. The molecule has 2 aliphatic heterocycles. The molecule has 192 valence electrons. The van der Waals surface area contributed by atoms with Gasteiger partial charge in [-0.25, -0.2) is 0 Å². The summed E-state index contributed by atoms with van der Waals surface area (Å²) in [6, 6.07) is 1.86. The van der Waals surface area contributed by atoms with Gasteiger partial charge in [0.1, 0.15) is 18.3 Å². The van der Waals surface area contributed by atoms with Crippen LogP contribution in [0.2, 0.25) is 0 Å². The summed E-state index contributed by atoms with van der Waals surface area (Å²) >= 11 is 0. The van der Waals surface area contributed by atoms with Crippen molar-refractivity contribution >= 4 is 17.9 Å². The van der Waals surface area contributed by atoms with Crippen LogP contribution in [-0.4, -0.2) is 49.1 Å². The number of rotatable bonds is 5. The number of epoxide rings is 1. The van der Waals surface area contributed by atoms with Gasteiger partial charge >= 0.3 is 17.9 Å². The molecule has 4 aliphatic rings. The average molecular weight is 491 g/mol. The van der Waals surface area contributed by atoms with Gasteiger partial charge in [-0.3, -0.25) is 14.4 Å². The van der Waals surface area contributed by atoms with Crippen LogP contribution in [0.4, 0.5) is 0 Å². The highest BCUT2D eigenvalue weighted by atomic mass is 16.7. The highest BCUT2D eigenvalue weighted by molar-refractivity contribution is 5.67. The number of hydrogen-bond acceptors (Lipinski definition) is 9. The fourth-order valence-corrected chi connectivity index (χ4v) is 7.58. The molecule has 5 rings (SSSR count). The molecule has 1 aromatic rings. The quantitative estimate of drug-likeness (QED) is 0.346. The van der Waals surface area contributed by atoms with E-state index in [1.165, 1.54) is 20.8 Å². The zero-order valence-corrected chi connectivity index (χ0v) is 20.7. The predicted molar refractivity (Wildman–Crippen MR) is 120 cm³/mol. The zero-order chi connectivity index (χ0) is 25.0. The Bertz CT molecular complexity index is 983. The van der Waals surface area contributed by atoms with Crippen molar-refractivity contribution in [3.8, 4) is 0 Å². The summed E-state index contributed by atoms with van der Waals surface area (Å²) in [7, 11) is 0. The Kier molecular flexibility index (Phi) is 5.99. The lowest BCUT2D eigenvalue weighted by Gasteiger charge is -2.63. The highest BCUT2D eigenvalue weighted by Crippen LogP contribution is 2.72. The normalized spacial score (nSPS) is 41.9. The molecule has 4 fully saturated rings. The first-order valence-corrected chi connectivity index (χ1v) is 12.4. The van der Waals surface area contributed by atoms with Crippen LogP contribution in [0.5, 0.6) is 0 Å². The number of furan rings is 1. The lowest BCUT2D eigenvalue weighted by molar-refractivity contribution is -0.269. The van der Waals surface area contributed by atoms with Crippen molar-refractivity contribution in [2.24, 2.45) is 22.7 Å². The standard InChI is InChI=1S/C26H34O9/c1-15-10-22(33-17(3)28)26(14-31-16(2)27)21(6-5-8-24(26)13-32-24)25(15)11-20(19-7-9-30-12-19)35-23(25)34-18(4)29/h7,9,12,15,20-23H,5-6,8,10-11,13-14H2,1-4H3/t15-,20+,21-,22+,23-,24+,25-,26+/m1/s1. The molecule has 0 amide bonds. The van der Waals surface area contributed by atoms with Crippen molar-refractivity contribution in [2.75, 3.05) is 13.2 Å². The summed E-state index contributed by atoms with van der Waals surface area (Å²) in [4.78, 5) is 36.5. The summed E-state index contributed by atoms with van der Waals surface area (Å²) < 4.78 is 35.5. The third kappa shape index (κ3) is 3.69. The smallest absolute Gasteiger partial charge is 0.304 e. The van der Waals surface area contributed by atoms with Gasteiger partial charge in [0, 0.05) is 31.7 Å². The van der Waals surface area contributed by atoms with E-state index in [0.29, 0.717) is 19.4 Å². The number of carbonyl (C=O) groups excluding carboxylic acids is 3. The summed E-state index contributed by atoms with van der Waals surface area (Å²) in [6.07, 6.45) is 5.22. The zero-order valence-electron chi connectivity index (χ0n) is 20.7.